The fourth-order valence-electron chi connectivity index (χ4n) is 0.808. The van der Waals surface area contributed by atoms with Gasteiger partial charge in [-0.05, 0) is 0 Å². The number of aliphatic hydroxyl groups excluding tert-OH is 1. The molecule has 3 N–H and O–H groups in total. The maximum Gasteiger partial charge on any atom is 0.403 e. The largest absolute Gasteiger partial charge is 0.481 e. The first-order chi connectivity index (χ1) is 7.16. The summed E-state index contributed by atoms with van der Waals surface area (Å²) in [4.78, 5) is 10.2. The van der Waals surface area contributed by atoms with Crippen LogP contribution in [-0.2, 0) is 4.79 Å². The van der Waals surface area contributed by atoms with Crippen molar-refractivity contribution in [2.45, 2.75) is 18.7 Å². The lowest BCUT2D eigenvalue weighted by atomic mass is 10.1. The minimum atomic E-state index is -4.96. The van der Waals surface area contributed by atoms with Gasteiger partial charge >= 0.3 is 12.1 Å². The molecule has 0 spiro atoms. The second kappa shape index (κ2) is 5.94. The quantitative estimate of drug-likeness (QED) is 0.600. The van der Waals surface area contributed by atoms with Gasteiger partial charge in [0.2, 0.25) is 0 Å². The van der Waals surface area contributed by atoms with Gasteiger partial charge < -0.3 is 15.5 Å². The van der Waals surface area contributed by atoms with Gasteiger partial charge in [-0.1, -0.05) is 0 Å². The van der Waals surface area contributed by atoms with Gasteiger partial charge in [0.25, 0.3) is 6.43 Å². The third-order valence-corrected chi connectivity index (χ3v) is 1.69. The summed E-state index contributed by atoms with van der Waals surface area (Å²) in [6, 6.07) is 0. The molecule has 16 heavy (non-hydrogen) atoms. The predicted octanol–water partition coefficient (Wildman–Crippen LogP) is 0.465. The molecule has 0 aliphatic carbocycles. The Hall–Kier alpha value is -0.960. The summed E-state index contributed by atoms with van der Waals surface area (Å²) in [7, 11) is 0. The molecular weight excluding hydrogens is 241 g/mol. The summed E-state index contributed by atoms with van der Waals surface area (Å²) in [5.74, 6) is -4.79. The summed E-state index contributed by atoms with van der Waals surface area (Å²) in [6.07, 6.45) is -10.2. The third-order valence-electron chi connectivity index (χ3n) is 1.69. The van der Waals surface area contributed by atoms with E-state index in [1.807, 2.05) is 5.32 Å². The van der Waals surface area contributed by atoms with E-state index < -0.39 is 43.7 Å². The lowest BCUT2D eigenvalue weighted by molar-refractivity contribution is -0.192. The van der Waals surface area contributed by atoms with Gasteiger partial charge in [-0.15, -0.1) is 0 Å². The van der Waals surface area contributed by atoms with Gasteiger partial charge in [-0.2, -0.15) is 13.2 Å². The molecule has 0 aromatic heterocycles. The smallest absolute Gasteiger partial charge is 0.403 e. The van der Waals surface area contributed by atoms with Crippen molar-refractivity contribution in [3.8, 4) is 0 Å². The molecule has 0 aliphatic heterocycles. The Labute approximate surface area is 87.1 Å². The van der Waals surface area contributed by atoms with Gasteiger partial charge in [0.1, 0.15) is 6.10 Å². The topological polar surface area (TPSA) is 69.6 Å². The average Bonchev–Trinajstić information content (AvgIpc) is 2.08. The maximum atomic E-state index is 12.0. The standard InChI is InChI=1S/C7H10F5NO3/c8-5(9)4(14)2-13-1-3(6(15)16)7(10,11)12/h3-5,13-14H,1-2H2,(H,15,16). The summed E-state index contributed by atoms with van der Waals surface area (Å²) in [6.45, 7) is -1.87. The van der Waals surface area contributed by atoms with Crippen molar-refractivity contribution in [3.05, 3.63) is 0 Å². The Kier molecular flexibility index (Phi) is 5.59. The van der Waals surface area contributed by atoms with E-state index in [0.29, 0.717) is 0 Å². The molecule has 0 bridgehead atoms. The van der Waals surface area contributed by atoms with Crippen LogP contribution in [0.25, 0.3) is 0 Å². The van der Waals surface area contributed by atoms with Crippen molar-refractivity contribution in [1.82, 2.24) is 5.32 Å². The van der Waals surface area contributed by atoms with E-state index in [4.69, 9.17) is 10.2 Å². The van der Waals surface area contributed by atoms with E-state index in [9.17, 15) is 26.7 Å². The molecule has 0 aliphatic rings. The number of alkyl halides is 5. The molecule has 0 rings (SSSR count). The second-order valence-corrected chi connectivity index (χ2v) is 2.99. The molecule has 2 atom stereocenters. The molecule has 0 heterocycles. The number of carboxylic acid groups (broad SMARTS) is 1. The summed E-state index contributed by atoms with van der Waals surface area (Å²) in [5, 5.41) is 18.6. The zero-order chi connectivity index (χ0) is 12.9. The van der Waals surface area contributed by atoms with Crippen molar-refractivity contribution < 1.29 is 37.0 Å². The van der Waals surface area contributed by atoms with Gasteiger partial charge in [-0.25, -0.2) is 8.78 Å². The SMILES string of the molecule is O=C(O)C(CNCC(O)C(F)F)C(F)(F)F. The monoisotopic (exact) mass is 251 g/mol. The first-order valence-electron chi connectivity index (χ1n) is 4.12. The number of halogens is 5. The molecule has 9 heteroatoms. The van der Waals surface area contributed by atoms with E-state index in [0.717, 1.165) is 0 Å². The zero-order valence-electron chi connectivity index (χ0n) is 7.84. The first kappa shape index (κ1) is 15.0. The fraction of sp³-hybridized carbons (Fsp3) is 0.857. The molecule has 0 aromatic rings. The lowest BCUT2D eigenvalue weighted by Gasteiger charge is -2.17. The number of carbonyl (C=O) groups is 1. The minimum absolute atomic E-state index is 0.808. The van der Waals surface area contributed by atoms with Crippen LogP contribution in [0.1, 0.15) is 0 Å². The Morgan fingerprint density at radius 3 is 2.06 bits per heavy atom. The molecule has 0 amide bonds. The molecule has 0 saturated heterocycles. The highest BCUT2D eigenvalue weighted by atomic mass is 19.4. The molecule has 0 fully saturated rings. The van der Waals surface area contributed by atoms with Crippen LogP contribution in [0.2, 0.25) is 0 Å². The van der Waals surface area contributed by atoms with Crippen LogP contribution < -0.4 is 5.32 Å². The van der Waals surface area contributed by atoms with Crippen LogP contribution in [0.5, 0.6) is 0 Å². The van der Waals surface area contributed by atoms with Gasteiger partial charge in [0.15, 0.2) is 5.92 Å². The number of aliphatic carboxylic acids is 1. The molecule has 96 valence electrons. The van der Waals surface area contributed by atoms with Crippen LogP contribution in [0.15, 0.2) is 0 Å². The van der Waals surface area contributed by atoms with Crippen molar-refractivity contribution >= 4 is 5.97 Å². The average molecular weight is 251 g/mol. The molecule has 0 aromatic carbocycles. The van der Waals surface area contributed by atoms with Crippen LogP contribution in [-0.4, -0.2) is 48.0 Å². The van der Waals surface area contributed by atoms with Crippen LogP contribution in [0.4, 0.5) is 22.0 Å². The second-order valence-electron chi connectivity index (χ2n) is 2.99. The fourth-order valence-corrected chi connectivity index (χ4v) is 0.808. The summed E-state index contributed by atoms with van der Waals surface area (Å²) in [5.41, 5.74) is 0. The molecular formula is C7H10F5NO3. The van der Waals surface area contributed by atoms with E-state index in [-0.39, 0.29) is 0 Å². The number of aliphatic hydroxyl groups is 1. The van der Waals surface area contributed by atoms with Crippen molar-refractivity contribution in [2.75, 3.05) is 13.1 Å². The van der Waals surface area contributed by atoms with E-state index in [1.165, 1.54) is 0 Å². The van der Waals surface area contributed by atoms with Crippen LogP contribution >= 0.6 is 0 Å². The van der Waals surface area contributed by atoms with Gasteiger partial charge in [0, 0.05) is 13.1 Å². The highest BCUT2D eigenvalue weighted by Gasteiger charge is 2.44. The normalized spacial score (nSPS) is 16.2. The Bertz CT molecular complexity index is 233. The Morgan fingerprint density at radius 2 is 1.75 bits per heavy atom. The molecule has 2 unspecified atom stereocenters. The lowest BCUT2D eigenvalue weighted by Crippen LogP contribution is -2.42. The maximum absolute atomic E-state index is 12.0. The van der Waals surface area contributed by atoms with Crippen LogP contribution in [0, 0.1) is 5.92 Å². The molecule has 4 nitrogen and oxygen atoms in total. The minimum Gasteiger partial charge on any atom is -0.481 e. The Morgan fingerprint density at radius 1 is 1.25 bits per heavy atom. The van der Waals surface area contributed by atoms with Crippen molar-refractivity contribution in [3.63, 3.8) is 0 Å². The number of hydrogen-bond donors (Lipinski definition) is 3. The van der Waals surface area contributed by atoms with E-state index >= 15 is 0 Å². The Balaban J connectivity index is 4.11. The van der Waals surface area contributed by atoms with E-state index in [1.54, 1.807) is 0 Å². The van der Waals surface area contributed by atoms with Gasteiger partial charge in [0.05, 0.1) is 0 Å². The van der Waals surface area contributed by atoms with Gasteiger partial charge in [-0.3, -0.25) is 4.79 Å². The highest BCUT2D eigenvalue weighted by Crippen LogP contribution is 2.25. The number of carboxylic acids is 1. The molecule has 0 radical (unpaired) electrons. The summed E-state index contributed by atoms with van der Waals surface area (Å²) < 4.78 is 59.5. The number of rotatable bonds is 6. The predicted molar refractivity (Wildman–Crippen MR) is 42.1 cm³/mol. The van der Waals surface area contributed by atoms with Crippen molar-refractivity contribution in [2.24, 2.45) is 5.92 Å². The number of nitrogens with one attached hydrogen (secondary N) is 1. The summed E-state index contributed by atoms with van der Waals surface area (Å²) >= 11 is 0. The zero-order valence-corrected chi connectivity index (χ0v) is 7.84. The van der Waals surface area contributed by atoms with Crippen LogP contribution in [0.3, 0.4) is 0 Å². The highest BCUT2D eigenvalue weighted by molar-refractivity contribution is 5.71. The number of hydrogen-bond acceptors (Lipinski definition) is 3. The van der Waals surface area contributed by atoms with E-state index in [2.05, 4.69) is 0 Å². The first-order valence-corrected chi connectivity index (χ1v) is 4.12. The molecule has 0 saturated carbocycles. The third kappa shape index (κ3) is 5.21. The van der Waals surface area contributed by atoms with Crippen molar-refractivity contribution in [1.29, 1.82) is 0 Å².